The van der Waals surface area contributed by atoms with Gasteiger partial charge in [0, 0.05) is 6.04 Å². The summed E-state index contributed by atoms with van der Waals surface area (Å²) in [6.45, 7) is -1.23. The highest BCUT2D eigenvalue weighted by Gasteiger charge is 2.27. The zero-order chi connectivity index (χ0) is 13.9. The van der Waals surface area contributed by atoms with Gasteiger partial charge < -0.3 is 15.2 Å². The van der Waals surface area contributed by atoms with Gasteiger partial charge >= 0.3 is 6.18 Å². The minimum absolute atomic E-state index is 0.0278. The Hall–Kier alpha value is -1.27. The number of ether oxygens (including phenoxy) is 2. The molecule has 2 N–H and O–H groups in total. The van der Waals surface area contributed by atoms with Crippen LogP contribution in [-0.4, -0.2) is 26.0 Å². The van der Waals surface area contributed by atoms with Crippen LogP contribution >= 0.6 is 0 Å². The first kappa shape index (κ1) is 14.1. The first-order valence-electron chi connectivity index (χ1n) is 6.12. The fourth-order valence-corrected chi connectivity index (χ4v) is 2.19. The second-order valence-electron chi connectivity index (χ2n) is 4.49. The van der Waals surface area contributed by atoms with Crippen molar-refractivity contribution < 1.29 is 22.6 Å². The summed E-state index contributed by atoms with van der Waals surface area (Å²) in [7, 11) is 0. The van der Waals surface area contributed by atoms with E-state index in [1.165, 1.54) is 0 Å². The zero-order valence-corrected chi connectivity index (χ0v) is 10.4. The third kappa shape index (κ3) is 3.84. The van der Waals surface area contributed by atoms with Gasteiger partial charge in [-0.1, -0.05) is 12.1 Å². The fourth-order valence-electron chi connectivity index (χ4n) is 2.19. The van der Waals surface area contributed by atoms with Crippen LogP contribution in [0.15, 0.2) is 18.2 Å². The summed E-state index contributed by atoms with van der Waals surface area (Å²) < 4.78 is 45.5. The maximum absolute atomic E-state index is 11.8. The van der Waals surface area contributed by atoms with Crippen molar-refractivity contribution in [2.24, 2.45) is 5.73 Å². The van der Waals surface area contributed by atoms with Gasteiger partial charge in [0.05, 0.1) is 6.61 Å². The van der Waals surface area contributed by atoms with E-state index >= 15 is 0 Å². The van der Waals surface area contributed by atoms with E-state index in [-0.39, 0.29) is 19.3 Å². The number of nitrogens with two attached hydrogens (primary N) is 1. The Kier molecular flexibility index (Phi) is 4.31. The number of rotatable bonds is 5. The van der Waals surface area contributed by atoms with Crippen LogP contribution in [0.3, 0.4) is 0 Å². The molecule has 0 bridgehead atoms. The van der Waals surface area contributed by atoms with Gasteiger partial charge in [-0.2, -0.15) is 13.2 Å². The Morgan fingerprint density at radius 1 is 1.26 bits per heavy atom. The lowest BCUT2D eigenvalue weighted by Gasteiger charge is -2.12. The topological polar surface area (TPSA) is 44.5 Å². The van der Waals surface area contributed by atoms with Gasteiger partial charge in [-0.25, -0.2) is 0 Å². The van der Waals surface area contributed by atoms with Crippen molar-refractivity contribution in [3.8, 4) is 5.75 Å². The lowest BCUT2D eigenvalue weighted by molar-refractivity contribution is -0.175. The Bertz CT molecular complexity index is 434. The Morgan fingerprint density at radius 3 is 2.79 bits per heavy atom. The van der Waals surface area contributed by atoms with Crippen molar-refractivity contribution in [3.05, 3.63) is 29.3 Å². The largest absolute Gasteiger partial charge is 0.491 e. The Morgan fingerprint density at radius 2 is 2.05 bits per heavy atom. The molecule has 0 spiro atoms. The van der Waals surface area contributed by atoms with Crippen LogP contribution in [0.25, 0.3) is 0 Å². The van der Waals surface area contributed by atoms with Crippen molar-refractivity contribution in [3.63, 3.8) is 0 Å². The van der Waals surface area contributed by atoms with Crippen molar-refractivity contribution in [2.45, 2.75) is 25.1 Å². The van der Waals surface area contributed by atoms with Crippen LogP contribution in [0.4, 0.5) is 13.2 Å². The summed E-state index contributed by atoms with van der Waals surface area (Å²) >= 11 is 0. The molecule has 1 aromatic carbocycles. The molecule has 0 saturated carbocycles. The van der Waals surface area contributed by atoms with Crippen LogP contribution in [0, 0.1) is 0 Å². The van der Waals surface area contributed by atoms with Gasteiger partial charge in [0.2, 0.25) is 0 Å². The molecule has 19 heavy (non-hydrogen) atoms. The highest BCUT2D eigenvalue weighted by Crippen LogP contribution is 2.35. The molecule has 0 saturated heterocycles. The van der Waals surface area contributed by atoms with E-state index in [0.717, 1.165) is 24.0 Å². The molecule has 1 unspecified atom stereocenters. The highest BCUT2D eigenvalue weighted by atomic mass is 19.4. The molecule has 6 heteroatoms. The van der Waals surface area contributed by atoms with Gasteiger partial charge in [-0.05, 0) is 30.0 Å². The summed E-state index contributed by atoms with van der Waals surface area (Å²) in [6, 6.07) is 5.64. The molecular weight excluding hydrogens is 259 g/mol. The predicted octanol–water partition coefficient (Wildman–Crippen LogP) is 2.59. The van der Waals surface area contributed by atoms with E-state index in [2.05, 4.69) is 4.74 Å². The molecule has 1 aliphatic carbocycles. The van der Waals surface area contributed by atoms with Crippen molar-refractivity contribution in [2.75, 3.05) is 19.8 Å². The quantitative estimate of drug-likeness (QED) is 0.840. The highest BCUT2D eigenvalue weighted by molar-refractivity contribution is 5.44. The molecule has 1 aliphatic rings. The molecule has 2 rings (SSSR count). The van der Waals surface area contributed by atoms with Crippen LogP contribution in [0.5, 0.6) is 5.75 Å². The zero-order valence-electron chi connectivity index (χ0n) is 10.4. The monoisotopic (exact) mass is 275 g/mol. The SMILES string of the molecule is NC1CCc2c(OCCOCC(F)(F)F)cccc21. The molecule has 3 nitrogen and oxygen atoms in total. The standard InChI is InChI=1S/C13H16F3NO2/c14-13(15,16)8-18-6-7-19-12-3-1-2-9-10(12)4-5-11(9)17/h1-3,11H,4-8,17H2. The molecule has 0 aliphatic heterocycles. The number of hydrogen-bond acceptors (Lipinski definition) is 3. The average molecular weight is 275 g/mol. The van der Waals surface area contributed by atoms with Gasteiger partial charge in [0.15, 0.2) is 0 Å². The Labute approximate surface area is 109 Å². The summed E-state index contributed by atoms with van der Waals surface area (Å²) in [5, 5.41) is 0. The van der Waals surface area contributed by atoms with Crippen LogP contribution < -0.4 is 10.5 Å². The van der Waals surface area contributed by atoms with Crippen molar-refractivity contribution >= 4 is 0 Å². The minimum Gasteiger partial charge on any atom is -0.491 e. The number of halogens is 3. The maximum Gasteiger partial charge on any atom is 0.411 e. The van der Waals surface area contributed by atoms with Gasteiger partial charge in [-0.15, -0.1) is 0 Å². The number of alkyl halides is 3. The van der Waals surface area contributed by atoms with E-state index in [4.69, 9.17) is 10.5 Å². The van der Waals surface area contributed by atoms with Crippen LogP contribution in [0.2, 0.25) is 0 Å². The predicted molar refractivity (Wildman–Crippen MR) is 64.1 cm³/mol. The van der Waals surface area contributed by atoms with E-state index in [1.807, 2.05) is 12.1 Å². The average Bonchev–Trinajstić information content (AvgIpc) is 2.70. The van der Waals surface area contributed by atoms with Gasteiger partial charge in [0.25, 0.3) is 0 Å². The number of fused-ring (bicyclic) bond motifs is 1. The maximum atomic E-state index is 11.8. The van der Waals surface area contributed by atoms with E-state index in [0.29, 0.717) is 5.75 Å². The number of hydrogen-bond donors (Lipinski definition) is 1. The lowest BCUT2D eigenvalue weighted by atomic mass is 10.1. The van der Waals surface area contributed by atoms with Crippen molar-refractivity contribution in [1.82, 2.24) is 0 Å². The van der Waals surface area contributed by atoms with E-state index in [1.54, 1.807) is 6.07 Å². The molecule has 0 aromatic heterocycles. The second kappa shape index (κ2) is 5.79. The summed E-state index contributed by atoms with van der Waals surface area (Å²) in [6.07, 6.45) is -2.57. The van der Waals surface area contributed by atoms with Crippen LogP contribution in [0.1, 0.15) is 23.6 Å². The molecular formula is C13H16F3NO2. The molecule has 106 valence electrons. The van der Waals surface area contributed by atoms with Gasteiger partial charge in [0.1, 0.15) is 19.0 Å². The number of benzene rings is 1. The van der Waals surface area contributed by atoms with E-state index < -0.39 is 12.8 Å². The molecule has 1 aromatic rings. The first-order chi connectivity index (χ1) is 8.97. The van der Waals surface area contributed by atoms with Crippen molar-refractivity contribution in [1.29, 1.82) is 0 Å². The van der Waals surface area contributed by atoms with E-state index in [9.17, 15) is 13.2 Å². The molecule has 0 amide bonds. The Balaban J connectivity index is 1.81. The first-order valence-corrected chi connectivity index (χ1v) is 6.12. The lowest BCUT2D eigenvalue weighted by Crippen LogP contribution is -2.19. The van der Waals surface area contributed by atoms with Gasteiger partial charge in [-0.3, -0.25) is 0 Å². The van der Waals surface area contributed by atoms with Crippen LogP contribution in [-0.2, 0) is 11.2 Å². The smallest absolute Gasteiger partial charge is 0.411 e. The normalized spacial score (nSPS) is 18.4. The summed E-state index contributed by atoms with van der Waals surface area (Å²) in [4.78, 5) is 0. The second-order valence-corrected chi connectivity index (χ2v) is 4.49. The molecule has 0 heterocycles. The third-order valence-electron chi connectivity index (χ3n) is 3.03. The third-order valence-corrected chi connectivity index (χ3v) is 3.03. The summed E-state index contributed by atoms with van der Waals surface area (Å²) in [5.41, 5.74) is 8.06. The molecule has 1 atom stereocenters. The summed E-state index contributed by atoms with van der Waals surface area (Å²) in [5.74, 6) is 0.695. The molecule has 0 fully saturated rings. The minimum atomic E-state index is -4.29. The molecule has 0 radical (unpaired) electrons. The fraction of sp³-hybridized carbons (Fsp3) is 0.538.